The maximum Gasteiger partial charge on any atom is 0.353 e. The average molecular weight is 529 g/mol. The first kappa shape index (κ1) is 25.5. The number of carbonyl (C=O) groups is 3. The maximum absolute atomic E-state index is 13.0. The number of aliphatic carboxylic acids is 1. The van der Waals surface area contributed by atoms with E-state index in [1.165, 1.54) is 27.9 Å². The molecule has 2 fully saturated rings. The fraction of sp³-hybridized carbons (Fsp3) is 0.684. The van der Waals surface area contributed by atoms with Crippen LogP contribution in [-0.2, 0) is 30.3 Å². The number of nitrogens with zero attached hydrogens (tertiary/aromatic N) is 6. The van der Waals surface area contributed by atoms with Gasteiger partial charge in [-0.15, -0.1) is 16.9 Å². The Bertz CT molecular complexity index is 1150. The lowest BCUT2D eigenvalue weighted by molar-refractivity contribution is -0.157. The predicted molar refractivity (Wildman–Crippen MR) is 124 cm³/mol. The number of carboxylic acids is 1. The van der Waals surface area contributed by atoms with Crippen molar-refractivity contribution in [2.24, 2.45) is 11.8 Å². The molecule has 14 nitrogen and oxygen atoms in total. The molecule has 2 saturated heterocycles. The van der Waals surface area contributed by atoms with Crippen LogP contribution in [0.2, 0.25) is 0 Å². The summed E-state index contributed by atoms with van der Waals surface area (Å²) in [5, 5.41) is 23.4. The van der Waals surface area contributed by atoms with Gasteiger partial charge >= 0.3 is 5.97 Å². The number of β-lactam (4-membered cyclic amide) rings is 1. The number of rotatable bonds is 9. The monoisotopic (exact) mass is 528 g/mol. The molecule has 0 bridgehead atoms. The van der Waals surface area contributed by atoms with Crippen LogP contribution in [0.5, 0.6) is 0 Å². The highest BCUT2D eigenvalue weighted by atomic mass is 32.2. The van der Waals surface area contributed by atoms with Gasteiger partial charge in [-0.25, -0.2) is 22.6 Å². The van der Waals surface area contributed by atoms with E-state index in [2.05, 4.69) is 25.6 Å². The summed E-state index contributed by atoms with van der Waals surface area (Å²) in [5.41, 5.74) is -0.0557. The number of sulfonamides is 1. The second-order valence-corrected chi connectivity index (χ2v) is 12.3. The fourth-order valence-corrected chi connectivity index (χ4v) is 7.71. The third-order valence-electron chi connectivity index (χ3n) is 6.51. The van der Waals surface area contributed by atoms with Crippen LogP contribution in [0.1, 0.15) is 20.3 Å². The molecule has 0 radical (unpaired) electrons. The van der Waals surface area contributed by atoms with Crippen LogP contribution in [0.25, 0.3) is 0 Å². The van der Waals surface area contributed by atoms with E-state index in [0.717, 1.165) is 4.68 Å². The number of tetrazole rings is 1. The van der Waals surface area contributed by atoms with Gasteiger partial charge in [0, 0.05) is 42.8 Å². The predicted octanol–water partition coefficient (Wildman–Crippen LogP) is -1.74. The van der Waals surface area contributed by atoms with Crippen LogP contribution in [-0.4, -0.2) is 105 Å². The van der Waals surface area contributed by atoms with Gasteiger partial charge < -0.3 is 20.2 Å². The van der Waals surface area contributed by atoms with E-state index in [0.29, 0.717) is 17.9 Å². The van der Waals surface area contributed by atoms with Gasteiger partial charge in [-0.3, -0.25) is 9.59 Å². The van der Waals surface area contributed by atoms with Gasteiger partial charge in [0.25, 0.3) is 0 Å². The smallest absolute Gasteiger partial charge is 0.353 e. The topological polar surface area (TPSA) is 180 Å². The van der Waals surface area contributed by atoms with Crippen LogP contribution in [0.15, 0.2) is 16.9 Å². The molecular weight excluding hydrogens is 500 g/mol. The summed E-state index contributed by atoms with van der Waals surface area (Å²) in [7, 11) is -0.489. The molecule has 2 amide bonds. The molecule has 35 heavy (non-hydrogen) atoms. The van der Waals surface area contributed by atoms with E-state index < -0.39 is 45.8 Å². The van der Waals surface area contributed by atoms with Crippen molar-refractivity contribution in [3.05, 3.63) is 16.9 Å². The van der Waals surface area contributed by atoms with Gasteiger partial charge in [0.1, 0.15) is 12.0 Å². The molecule has 4 heterocycles. The van der Waals surface area contributed by atoms with E-state index in [9.17, 15) is 27.9 Å². The van der Waals surface area contributed by atoms with E-state index in [4.69, 9.17) is 0 Å². The summed E-state index contributed by atoms with van der Waals surface area (Å²) in [4.78, 5) is 40.8. The number of nitrogens with one attached hydrogen (secondary N) is 2. The minimum atomic E-state index is -3.86. The molecule has 192 valence electrons. The Kier molecular flexibility index (Phi) is 6.91. The Morgan fingerprint density at radius 2 is 2.11 bits per heavy atom. The third-order valence-corrected chi connectivity index (χ3v) is 9.36. The van der Waals surface area contributed by atoms with Crippen molar-refractivity contribution in [1.29, 1.82) is 0 Å². The molecule has 16 heteroatoms. The number of hydrogen-bond acceptors (Lipinski definition) is 10. The highest BCUT2D eigenvalue weighted by Gasteiger charge is 2.60. The van der Waals surface area contributed by atoms with Crippen molar-refractivity contribution in [3.8, 4) is 0 Å². The Labute approximate surface area is 206 Å². The standard InChI is InChI=1S/C19H28N8O6S2/c1-9-14-13(10(2)22-35(32,33)8-26-7-21-23-24-26)18(29)27(14)15(19(30)31)16(9)34-11-5-12(20-6-11)17(28)25(3)4/h7,9-14,20,22H,5-6,8H2,1-4H3,(H,30,31)/t9-,10-,11+,12+,13-,14-/m1/s1. The first-order valence-corrected chi connectivity index (χ1v) is 13.6. The zero-order valence-corrected chi connectivity index (χ0v) is 21.3. The molecule has 0 spiro atoms. The van der Waals surface area contributed by atoms with E-state index in [-0.39, 0.29) is 28.8 Å². The Morgan fingerprint density at radius 1 is 1.40 bits per heavy atom. The van der Waals surface area contributed by atoms with Crippen LogP contribution in [0.3, 0.4) is 0 Å². The molecule has 1 aromatic heterocycles. The molecular formula is C19H28N8O6S2. The van der Waals surface area contributed by atoms with E-state index in [1.807, 2.05) is 6.92 Å². The normalized spacial score (nSPS) is 29.2. The summed E-state index contributed by atoms with van der Waals surface area (Å²) < 4.78 is 28.6. The Morgan fingerprint density at radius 3 is 2.71 bits per heavy atom. The third kappa shape index (κ3) is 4.79. The van der Waals surface area contributed by atoms with Crippen molar-refractivity contribution in [2.45, 2.75) is 49.5 Å². The lowest BCUT2D eigenvalue weighted by atomic mass is 9.78. The lowest BCUT2D eigenvalue weighted by Gasteiger charge is -2.47. The van der Waals surface area contributed by atoms with Crippen molar-refractivity contribution < 1.29 is 27.9 Å². The summed E-state index contributed by atoms with van der Waals surface area (Å²) in [6.07, 6.45) is 1.71. The van der Waals surface area contributed by atoms with Crippen molar-refractivity contribution in [1.82, 2.24) is 40.0 Å². The number of thioether (sulfide) groups is 1. The number of hydrogen-bond donors (Lipinski definition) is 3. The Balaban J connectivity index is 1.47. The number of fused-ring (bicyclic) bond motifs is 1. The highest BCUT2D eigenvalue weighted by molar-refractivity contribution is 8.03. The number of aromatic nitrogens is 4. The van der Waals surface area contributed by atoms with E-state index in [1.54, 1.807) is 21.0 Å². The van der Waals surface area contributed by atoms with Gasteiger partial charge in [0.15, 0.2) is 5.88 Å². The van der Waals surface area contributed by atoms with Crippen molar-refractivity contribution in [3.63, 3.8) is 0 Å². The van der Waals surface area contributed by atoms with Crippen LogP contribution < -0.4 is 10.0 Å². The molecule has 6 atom stereocenters. The van der Waals surface area contributed by atoms with Crippen LogP contribution in [0, 0.1) is 11.8 Å². The first-order valence-electron chi connectivity index (χ1n) is 11.0. The maximum atomic E-state index is 13.0. The molecule has 0 saturated carbocycles. The quantitative estimate of drug-likeness (QED) is 0.310. The minimum Gasteiger partial charge on any atom is -0.477 e. The second kappa shape index (κ2) is 9.48. The minimum absolute atomic E-state index is 0.0323. The van der Waals surface area contributed by atoms with Gasteiger partial charge in [-0.05, 0) is 23.8 Å². The molecule has 1 aromatic rings. The largest absolute Gasteiger partial charge is 0.477 e. The zero-order valence-electron chi connectivity index (χ0n) is 19.7. The zero-order chi connectivity index (χ0) is 25.7. The highest BCUT2D eigenvalue weighted by Crippen LogP contribution is 2.51. The van der Waals surface area contributed by atoms with Crippen molar-refractivity contribution in [2.75, 3.05) is 20.6 Å². The summed E-state index contributed by atoms with van der Waals surface area (Å²) in [6, 6.07) is -1.58. The Hall–Kier alpha value is -2.56. The number of amides is 2. The van der Waals surface area contributed by atoms with Gasteiger partial charge in [-0.1, -0.05) is 6.92 Å². The second-order valence-electron chi connectivity index (χ2n) is 9.20. The van der Waals surface area contributed by atoms with Gasteiger partial charge in [0.2, 0.25) is 21.8 Å². The van der Waals surface area contributed by atoms with Crippen LogP contribution in [0.4, 0.5) is 0 Å². The summed E-state index contributed by atoms with van der Waals surface area (Å²) in [6.45, 7) is 3.98. The molecule has 3 aliphatic heterocycles. The summed E-state index contributed by atoms with van der Waals surface area (Å²) >= 11 is 1.38. The molecule has 3 aliphatic rings. The molecule has 0 aromatic carbocycles. The summed E-state index contributed by atoms with van der Waals surface area (Å²) in [5.74, 6) is -3.20. The molecule has 3 N–H and O–H groups in total. The number of carbonyl (C=O) groups excluding carboxylic acids is 2. The molecule has 0 unspecified atom stereocenters. The SMILES string of the molecule is C[C@@H](NS(=O)(=O)Cn1cnnn1)[C@H]1C(=O)N2C(C(=O)O)=C(S[C@@H]3CN[C@H](C(=O)N(C)C)C3)[C@H](C)[C@H]12. The van der Waals surface area contributed by atoms with Crippen molar-refractivity contribution >= 4 is 39.6 Å². The first-order chi connectivity index (χ1) is 16.4. The van der Waals surface area contributed by atoms with Gasteiger partial charge in [-0.2, -0.15) is 0 Å². The average Bonchev–Trinajstić information content (AvgIpc) is 3.47. The van der Waals surface area contributed by atoms with Gasteiger partial charge in [0.05, 0.1) is 18.0 Å². The number of likely N-dealkylation sites (N-methyl/N-ethyl adjacent to an activating group) is 1. The van der Waals surface area contributed by atoms with E-state index >= 15 is 0 Å². The van der Waals surface area contributed by atoms with Crippen LogP contribution >= 0.6 is 11.8 Å². The molecule has 4 rings (SSSR count). The fourth-order valence-electron chi connectivity index (χ4n) is 4.98. The number of carboxylic acid groups (broad SMARTS) is 1. The lowest BCUT2D eigenvalue weighted by Crippen LogP contribution is -2.66. The molecule has 0 aliphatic carbocycles.